The lowest BCUT2D eigenvalue weighted by Crippen LogP contribution is -2.52. The number of aromatic nitrogens is 2. The predicted molar refractivity (Wildman–Crippen MR) is 136 cm³/mol. The molecule has 0 saturated carbocycles. The second kappa shape index (κ2) is 9.24. The van der Waals surface area contributed by atoms with Crippen LogP contribution < -0.4 is 0 Å². The molecule has 1 aliphatic rings. The monoisotopic (exact) mass is 447 g/mol. The van der Waals surface area contributed by atoms with Gasteiger partial charge in [-0.25, -0.2) is 0 Å². The zero-order valence-corrected chi connectivity index (χ0v) is 19.7. The zero-order valence-electron chi connectivity index (χ0n) is 19.7. The van der Waals surface area contributed by atoms with Crippen LogP contribution in [0.3, 0.4) is 0 Å². The molecule has 2 heterocycles. The van der Waals surface area contributed by atoms with E-state index < -0.39 is 5.54 Å². The number of rotatable bonds is 5. The number of aryl methyl sites for hydroxylation is 2. The van der Waals surface area contributed by atoms with Crippen LogP contribution >= 0.6 is 0 Å². The molecule has 0 amide bonds. The number of hydrogen-bond acceptors (Lipinski definition) is 3. The lowest BCUT2D eigenvalue weighted by molar-refractivity contribution is -0.117. The Morgan fingerprint density at radius 2 is 1.32 bits per heavy atom. The van der Waals surface area contributed by atoms with Crippen LogP contribution in [0.25, 0.3) is 6.08 Å². The maximum atomic E-state index is 13.1. The van der Waals surface area contributed by atoms with Crippen molar-refractivity contribution in [1.82, 2.24) is 14.7 Å². The van der Waals surface area contributed by atoms with Crippen molar-refractivity contribution in [3.05, 3.63) is 131 Å². The summed E-state index contributed by atoms with van der Waals surface area (Å²) in [5.41, 5.74) is 5.77. The van der Waals surface area contributed by atoms with Gasteiger partial charge in [0.05, 0.1) is 16.9 Å². The molecular weight excluding hydrogens is 418 g/mol. The number of Topliss-reactive ketones (excluding diaryl/α,β-unsaturated/α-hetero) is 1. The van der Waals surface area contributed by atoms with Crippen LogP contribution in [-0.2, 0) is 17.4 Å². The SMILES string of the molecule is Cc1cc(/C=C2/CN(C(c3ccccc3)(c3ccccc3)c3ccccc3)CCC2=O)n(C)n1. The first-order valence-corrected chi connectivity index (χ1v) is 11.7. The third kappa shape index (κ3) is 3.91. The Bertz CT molecular complexity index is 1210. The third-order valence-electron chi connectivity index (χ3n) is 6.74. The lowest BCUT2D eigenvalue weighted by Gasteiger charge is -2.47. The molecule has 4 aromatic rings. The van der Waals surface area contributed by atoms with Gasteiger partial charge >= 0.3 is 0 Å². The molecule has 0 spiro atoms. The van der Waals surface area contributed by atoms with Crippen molar-refractivity contribution in [2.45, 2.75) is 18.9 Å². The van der Waals surface area contributed by atoms with Gasteiger partial charge in [-0.1, -0.05) is 91.0 Å². The molecular formula is C30H29N3O. The van der Waals surface area contributed by atoms with Gasteiger partial charge in [0.1, 0.15) is 0 Å². The van der Waals surface area contributed by atoms with Gasteiger partial charge in [0.15, 0.2) is 5.78 Å². The number of hydrogen-bond donors (Lipinski definition) is 0. The van der Waals surface area contributed by atoms with Crippen molar-refractivity contribution >= 4 is 11.9 Å². The Kier molecular flexibility index (Phi) is 5.99. The summed E-state index contributed by atoms with van der Waals surface area (Å²) < 4.78 is 1.84. The summed E-state index contributed by atoms with van der Waals surface area (Å²) in [6, 6.07) is 34.0. The van der Waals surface area contributed by atoms with E-state index in [4.69, 9.17) is 0 Å². The number of nitrogens with zero attached hydrogens (tertiary/aromatic N) is 3. The van der Waals surface area contributed by atoms with Crippen LogP contribution in [0.2, 0.25) is 0 Å². The molecule has 1 fully saturated rings. The van der Waals surface area contributed by atoms with Gasteiger partial charge in [-0.05, 0) is 35.8 Å². The second-order valence-electron chi connectivity index (χ2n) is 8.91. The number of carbonyl (C=O) groups is 1. The fourth-order valence-corrected chi connectivity index (χ4v) is 5.21. The van der Waals surface area contributed by atoms with Gasteiger partial charge < -0.3 is 0 Å². The first-order chi connectivity index (χ1) is 16.6. The fourth-order valence-electron chi connectivity index (χ4n) is 5.21. The Labute approximate surface area is 201 Å². The summed E-state index contributed by atoms with van der Waals surface area (Å²) >= 11 is 0. The van der Waals surface area contributed by atoms with Crippen LogP contribution in [0, 0.1) is 6.92 Å². The molecule has 0 N–H and O–H groups in total. The summed E-state index contributed by atoms with van der Waals surface area (Å²) in [5.74, 6) is 0.207. The molecule has 0 radical (unpaired) electrons. The quantitative estimate of drug-likeness (QED) is 0.305. The minimum Gasteiger partial charge on any atom is -0.294 e. The van der Waals surface area contributed by atoms with E-state index in [2.05, 4.69) is 101 Å². The van der Waals surface area contributed by atoms with Gasteiger partial charge in [-0.2, -0.15) is 5.10 Å². The number of ketones is 1. The molecule has 0 unspecified atom stereocenters. The Morgan fingerprint density at radius 1 is 0.824 bits per heavy atom. The topological polar surface area (TPSA) is 38.1 Å². The summed E-state index contributed by atoms with van der Waals surface area (Å²) in [6.45, 7) is 3.21. The Morgan fingerprint density at radius 3 is 1.76 bits per heavy atom. The number of likely N-dealkylation sites (tertiary alicyclic amines) is 1. The molecule has 0 aliphatic carbocycles. The molecule has 170 valence electrons. The van der Waals surface area contributed by atoms with Crippen molar-refractivity contribution in [3.8, 4) is 0 Å². The van der Waals surface area contributed by atoms with Crippen LogP contribution in [-0.4, -0.2) is 33.6 Å². The van der Waals surface area contributed by atoms with Gasteiger partial charge in [-0.3, -0.25) is 14.4 Å². The van der Waals surface area contributed by atoms with E-state index in [0.717, 1.165) is 17.0 Å². The summed E-state index contributed by atoms with van der Waals surface area (Å²) in [6.07, 6.45) is 2.50. The average Bonchev–Trinajstić information content (AvgIpc) is 3.20. The van der Waals surface area contributed by atoms with Crippen molar-refractivity contribution < 1.29 is 4.79 Å². The normalized spacial score (nSPS) is 16.2. The van der Waals surface area contributed by atoms with Crippen molar-refractivity contribution in [2.24, 2.45) is 7.05 Å². The van der Waals surface area contributed by atoms with E-state index in [9.17, 15) is 4.79 Å². The van der Waals surface area contributed by atoms with Crippen molar-refractivity contribution in [3.63, 3.8) is 0 Å². The van der Waals surface area contributed by atoms with Crippen LogP contribution in [0.4, 0.5) is 0 Å². The number of piperidine rings is 1. The third-order valence-corrected chi connectivity index (χ3v) is 6.74. The van der Waals surface area contributed by atoms with Crippen LogP contribution in [0.1, 0.15) is 34.5 Å². The smallest absolute Gasteiger partial charge is 0.161 e. The molecule has 3 aromatic carbocycles. The lowest BCUT2D eigenvalue weighted by atomic mass is 9.74. The minimum absolute atomic E-state index is 0.207. The van der Waals surface area contributed by atoms with Crippen molar-refractivity contribution in [2.75, 3.05) is 13.1 Å². The van der Waals surface area contributed by atoms with Gasteiger partial charge in [-0.15, -0.1) is 0 Å². The number of carbonyl (C=O) groups excluding carboxylic acids is 1. The molecule has 5 rings (SSSR count). The molecule has 0 atom stereocenters. The molecule has 1 aliphatic heterocycles. The van der Waals surface area contributed by atoms with E-state index >= 15 is 0 Å². The highest BCUT2D eigenvalue weighted by Crippen LogP contribution is 2.43. The van der Waals surface area contributed by atoms with Crippen LogP contribution in [0.5, 0.6) is 0 Å². The highest BCUT2D eigenvalue weighted by Gasteiger charge is 2.44. The predicted octanol–water partition coefficient (Wildman–Crippen LogP) is 5.38. The zero-order chi connectivity index (χ0) is 23.5. The highest BCUT2D eigenvalue weighted by molar-refractivity contribution is 6.00. The summed E-state index contributed by atoms with van der Waals surface area (Å²) in [7, 11) is 1.92. The highest BCUT2D eigenvalue weighted by atomic mass is 16.1. The first kappa shape index (κ1) is 22.1. The second-order valence-corrected chi connectivity index (χ2v) is 8.91. The minimum atomic E-state index is -0.522. The molecule has 1 saturated heterocycles. The molecule has 1 aromatic heterocycles. The molecule has 34 heavy (non-hydrogen) atoms. The van der Waals surface area contributed by atoms with E-state index in [1.165, 1.54) is 16.7 Å². The van der Waals surface area contributed by atoms with Gasteiger partial charge in [0.25, 0.3) is 0 Å². The first-order valence-electron chi connectivity index (χ1n) is 11.7. The maximum Gasteiger partial charge on any atom is 0.161 e. The van der Waals surface area contributed by atoms with Crippen LogP contribution in [0.15, 0.2) is 103 Å². The Hall–Kier alpha value is -3.76. The number of benzene rings is 3. The largest absolute Gasteiger partial charge is 0.294 e. The van der Waals surface area contributed by atoms with E-state index in [-0.39, 0.29) is 5.78 Å². The van der Waals surface area contributed by atoms with E-state index in [1.54, 1.807) is 0 Å². The standard InChI is InChI=1S/C30H29N3O/c1-23-20-28(32(2)31-23)21-24-22-33(19-18-29(24)34)30(25-12-6-3-7-13-25,26-14-8-4-9-15-26)27-16-10-5-11-17-27/h3-17,20-21H,18-19,22H2,1-2H3/b24-21-. The van der Waals surface area contributed by atoms with E-state index in [0.29, 0.717) is 19.5 Å². The summed E-state index contributed by atoms with van der Waals surface area (Å²) in [4.78, 5) is 15.5. The van der Waals surface area contributed by atoms with Gasteiger partial charge in [0.2, 0.25) is 0 Å². The molecule has 4 heteroatoms. The molecule has 0 bridgehead atoms. The maximum absolute atomic E-state index is 13.1. The Balaban J connectivity index is 1.71. The average molecular weight is 448 g/mol. The van der Waals surface area contributed by atoms with Gasteiger partial charge in [0, 0.05) is 32.1 Å². The van der Waals surface area contributed by atoms with Crippen molar-refractivity contribution in [1.29, 1.82) is 0 Å². The van der Waals surface area contributed by atoms with E-state index in [1.807, 2.05) is 30.8 Å². The fraction of sp³-hybridized carbons (Fsp3) is 0.200. The molecule has 4 nitrogen and oxygen atoms in total. The summed E-state index contributed by atoms with van der Waals surface area (Å²) in [5, 5.41) is 4.46.